The predicted molar refractivity (Wildman–Crippen MR) is 69.8 cm³/mol. The summed E-state index contributed by atoms with van der Waals surface area (Å²) in [4.78, 5) is 13.3. The van der Waals surface area contributed by atoms with Crippen LogP contribution in [-0.2, 0) is 6.54 Å². The van der Waals surface area contributed by atoms with Crippen LogP contribution in [0.4, 0.5) is 0 Å². The Morgan fingerprint density at radius 2 is 2.24 bits per heavy atom. The van der Waals surface area contributed by atoms with E-state index in [-0.39, 0.29) is 5.91 Å². The average molecular weight is 235 g/mol. The number of hydrogen-bond donors (Lipinski definition) is 2. The molecule has 1 aromatic rings. The Labute approximate surface area is 103 Å². The van der Waals surface area contributed by atoms with Gasteiger partial charge in [0.1, 0.15) is 0 Å². The molecule has 0 unspecified atom stereocenters. The van der Waals surface area contributed by atoms with Crippen molar-refractivity contribution in [2.75, 3.05) is 27.2 Å². The Balaban J connectivity index is 2.50. The van der Waals surface area contributed by atoms with Gasteiger partial charge < -0.3 is 16.0 Å². The van der Waals surface area contributed by atoms with E-state index in [1.54, 1.807) is 6.07 Å². The van der Waals surface area contributed by atoms with Gasteiger partial charge in [0.2, 0.25) is 5.91 Å². The second kappa shape index (κ2) is 7.04. The van der Waals surface area contributed by atoms with Gasteiger partial charge in [-0.05, 0) is 51.3 Å². The zero-order valence-corrected chi connectivity index (χ0v) is 10.6. The van der Waals surface area contributed by atoms with E-state index in [0.717, 1.165) is 31.6 Å². The van der Waals surface area contributed by atoms with Gasteiger partial charge in [0.25, 0.3) is 0 Å². The topological polar surface area (TPSA) is 58.4 Å². The summed E-state index contributed by atoms with van der Waals surface area (Å²) in [6.45, 7) is 2.89. The van der Waals surface area contributed by atoms with Crippen LogP contribution in [0, 0.1) is 0 Å². The fourth-order valence-corrected chi connectivity index (χ4v) is 1.74. The quantitative estimate of drug-likeness (QED) is 0.688. The van der Waals surface area contributed by atoms with Crippen LogP contribution in [0.25, 0.3) is 0 Å². The fourth-order valence-electron chi connectivity index (χ4n) is 1.74. The van der Waals surface area contributed by atoms with Gasteiger partial charge in [-0.15, -0.1) is 0 Å². The van der Waals surface area contributed by atoms with E-state index >= 15 is 0 Å². The summed E-state index contributed by atoms with van der Waals surface area (Å²) in [5.41, 5.74) is 6.94. The Morgan fingerprint density at radius 1 is 1.47 bits per heavy atom. The van der Waals surface area contributed by atoms with Gasteiger partial charge in [0.05, 0.1) is 0 Å². The molecule has 0 spiro atoms. The van der Waals surface area contributed by atoms with Crippen molar-refractivity contribution in [2.24, 2.45) is 5.73 Å². The van der Waals surface area contributed by atoms with Crippen LogP contribution in [-0.4, -0.2) is 38.0 Å². The van der Waals surface area contributed by atoms with Crippen LogP contribution in [0.15, 0.2) is 24.3 Å². The van der Waals surface area contributed by atoms with Crippen LogP contribution < -0.4 is 11.1 Å². The molecule has 0 aliphatic carbocycles. The predicted octanol–water partition coefficient (Wildman–Crippen LogP) is 0.827. The Bertz CT molecular complexity index is 365. The summed E-state index contributed by atoms with van der Waals surface area (Å²) in [7, 11) is 4.03. The van der Waals surface area contributed by atoms with Gasteiger partial charge in [-0.3, -0.25) is 4.79 Å². The molecule has 0 aliphatic heterocycles. The number of nitrogens with zero attached hydrogens (tertiary/aromatic N) is 1. The summed E-state index contributed by atoms with van der Waals surface area (Å²) >= 11 is 0. The molecular weight excluding hydrogens is 214 g/mol. The number of amides is 1. The summed E-state index contributed by atoms with van der Waals surface area (Å²) in [6, 6.07) is 7.49. The minimum Gasteiger partial charge on any atom is -0.366 e. The summed E-state index contributed by atoms with van der Waals surface area (Å²) in [5.74, 6) is -0.371. The number of carbonyl (C=O) groups excluding carboxylic acids is 1. The molecule has 0 saturated heterocycles. The standard InChI is InChI=1S/C13H21N3O/c1-15-7-4-8-16(2)10-11-5-3-6-12(9-11)13(14)17/h3,5-6,9,15H,4,7-8,10H2,1-2H3,(H2,14,17). The number of hydrogen-bond acceptors (Lipinski definition) is 3. The molecule has 94 valence electrons. The number of nitrogens with one attached hydrogen (secondary N) is 1. The van der Waals surface area contributed by atoms with Crippen LogP contribution in [0.2, 0.25) is 0 Å². The lowest BCUT2D eigenvalue weighted by Crippen LogP contribution is -2.22. The van der Waals surface area contributed by atoms with Gasteiger partial charge in [-0.25, -0.2) is 0 Å². The molecule has 3 N–H and O–H groups in total. The molecule has 0 aromatic heterocycles. The first-order valence-corrected chi connectivity index (χ1v) is 5.85. The monoisotopic (exact) mass is 235 g/mol. The molecule has 1 aromatic carbocycles. The van der Waals surface area contributed by atoms with Crippen LogP contribution >= 0.6 is 0 Å². The second-order valence-electron chi connectivity index (χ2n) is 4.26. The maximum atomic E-state index is 11.1. The van der Waals surface area contributed by atoms with Crippen molar-refractivity contribution in [2.45, 2.75) is 13.0 Å². The van der Waals surface area contributed by atoms with E-state index in [1.807, 2.05) is 25.2 Å². The van der Waals surface area contributed by atoms with E-state index in [1.165, 1.54) is 0 Å². The number of primary amides is 1. The van der Waals surface area contributed by atoms with Crippen LogP contribution in [0.1, 0.15) is 22.3 Å². The summed E-state index contributed by atoms with van der Waals surface area (Å²) in [5, 5.41) is 3.12. The second-order valence-corrected chi connectivity index (χ2v) is 4.26. The highest BCUT2D eigenvalue weighted by molar-refractivity contribution is 5.92. The molecule has 0 fully saturated rings. The largest absolute Gasteiger partial charge is 0.366 e. The highest BCUT2D eigenvalue weighted by atomic mass is 16.1. The Hall–Kier alpha value is -1.39. The number of nitrogens with two attached hydrogens (primary N) is 1. The van der Waals surface area contributed by atoms with Gasteiger partial charge in [-0.1, -0.05) is 12.1 Å². The third-order valence-corrected chi connectivity index (χ3v) is 2.63. The van der Waals surface area contributed by atoms with Crippen molar-refractivity contribution in [3.8, 4) is 0 Å². The number of rotatable bonds is 7. The Morgan fingerprint density at radius 3 is 2.88 bits per heavy atom. The summed E-state index contributed by atoms with van der Waals surface area (Å²) in [6.07, 6.45) is 1.11. The van der Waals surface area contributed by atoms with E-state index in [4.69, 9.17) is 5.73 Å². The third kappa shape index (κ3) is 4.97. The molecule has 0 heterocycles. The maximum absolute atomic E-state index is 11.1. The van der Waals surface area contributed by atoms with Crippen molar-refractivity contribution in [1.29, 1.82) is 0 Å². The lowest BCUT2D eigenvalue weighted by Gasteiger charge is -2.16. The van der Waals surface area contributed by atoms with Gasteiger partial charge in [-0.2, -0.15) is 0 Å². The molecule has 0 aliphatic rings. The number of benzene rings is 1. The SMILES string of the molecule is CNCCCN(C)Cc1cccc(C(N)=O)c1. The van der Waals surface area contributed by atoms with E-state index in [2.05, 4.69) is 17.3 Å². The first-order chi connectivity index (χ1) is 8.13. The van der Waals surface area contributed by atoms with Gasteiger partial charge >= 0.3 is 0 Å². The molecule has 0 bridgehead atoms. The molecule has 0 radical (unpaired) electrons. The molecular formula is C13H21N3O. The molecule has 4 heteroatoms. The average Bonchev–Trinajstić information content (AvgIpc) is 2.29. The highest BCUT2D eigenvalue weighted by Crippen LogP contribution is 2.07. The van der Waals surface area contributed by atoms with Gasteiger partial charge in [0.15, 0.2) is 0 Å². The summed E-state index contributed by atoms with van der Waals surface area (Å²) < 4.78 is 0. The minimum atomic E-state index is -0.371. The molecule has 0 atom stereocenters. The first-order valence-electron chi connectivity index (χ1n) is 5.85. The zero-order valence-electron chi connectivity index (χ0n) is 10.6. The highest BCUT2D eigenvalue weighted by Gasteiger charge is 2.03. The third-order valence-electron chi connectivity index (χ3n) is 2.63. The van der Waals surface area contributed by atoms with Crippen LogP contribution in [0.5, 0.6) is 0 Å². The van der Waals surface area contributed by atoms with Crippen molar-refractivity contribution >= 4 is 5.91 Å². The van der Waals surface area contributed by atoms with Crippen molar-refractivity contribution in [3.05, 3.63) is 35.4 Å². The molecule has 4 nitrogen and oxygen atoms in total. The fraction of sp³-hybridized carbons (Fsp3) is 0.462. The maximum Gasteiger partial charge on any atom is 0.248 e. The molecule has 0 saturated carbocycles. The zero-order chi connectivity index (χ0) is 12.7. The first kappa shape index (κ1) is 13.7. The van der Waals surface area contributed by atoms with Crippen molar-refractivity contribution < 1.29 is 4.79 Å². The van der Waals surface area contributed by atoms with E-state index < -0.39 is 0 Å². The van der Waals surface area contributed by atoms with Crippen molar-refractivity contribution in [1.82, 2.24) is 10.2 Å². The van der Waals surface area contributed by atoms with E-state index in [0.29, 0.717) is 5.56 Å². The molecule has 17 heavy (non-hydrogen) atoms. The van der Waals surface area contributed by atoms with Crippen molar-refractivity contribution in [3.63, 3.8) is 0 Å². The van der Waals surface area contributed by atoms with Crippen LogP contribution in [0.3, 0.4) is 0 Å². The minimum absolute atomic E-state index is 0.371. The van der Waals surface area contributed by atoms with E-state index in [9.17, 15) is 4.79 Å². The Kier molecular flexibility index (Phi) is 5.66. The normalized spacial score (nSPS) is 10.8. The number of carbonyl (C=O) groups is 1. The lowest BCUT2D eigenvalue weighted by atomic mass is 10.1. The van der Waals surface area contributed by atoms with Gasteiger partial charge in [0, 0.05) is 12.1 Å². The smallest absolute Gasteiger partial charge is 0.248 e. The lowest BCUT2D eigenvalue weighted by molar-refractivity contribution is 0.1000. The molecule has 1 amide bonds. The molecule has 1 rings (SSSR count).